The maximum atomic E-state index is 12.7. The number of alkyl halides is 3. The Morgan fingerprint density at radius 1 is 1.29 bits per heavy atom. The maximum Gasteiger partial charge on any atom is 0.416 e. The first-order valence-electron chi connectivity index (χ1n) is 5.73. The minimum Gasteiger partial charge on any atom is -0.480 e. The van der Waals surface area contributed by atoms with Gasteiger partial charge in [-0.15, -0.1) is 0 Å². The van der Waals surface area contributed by atoms with Crippen LogP contribution in [-0.2, 0) is 11.0 Å². The van der Waals surface area contributed by atoms with Gasteiger partial charge in [0.05, 0.1) is 22.5 Å². The SMILES string of the molecule is CC(C(=O)O)N(C)C(=O)c1cc(C(F)(F)F)cc(N)c1N. The molecule has 1 amide bonds. The summed E-state index contributed by atoms with van der Waals surface area (Å²) >= 11 is 0. The number of nitrogens with two attached hydrogens (primary N) is 2. The molecule has 21 heavy (non-hydrogen) atoms. The van der Waals surface area contributed by atoms with Crippen molar-refractivity contribution < 1.29 is 27.9 Å². The molecule has 0 radical (unpaired) electrons. The Balaban J connectivity index is 3.33. The number of carbonyl (C=O) groups excluding carboxylic acids is 1. The van der Waals surface area contributed by atoms with Gasteiger partial charge < -0.3 is 21.5 Å². The second-order valence-electron chi connectivity index (χ2n) is 4.45. The number of likely N-dealkylation sites (N-methyl/N-ethyl adjacent to an activating group) is 1. The summed E-state index contributed by atoms with van der Waals surface area (Å²) in [4.78, 5) is 23.7. The minimum atomic E-state index is -4.70. The zero-order valence-corrected chi connectivity index (χ0v) is 11.2. The van der Waals surface area contributed by atoms with Crippen molar-refractivity contribution >= 4 is 23.3 Å². The first kappa shape index (κ1) is 16.6. The molecular weight excluding hydrogens is 291 g/mol. The summed E-state index contributed by atoms with van der Waals surface area (Å²) < 4.78 is 38.1. The molecule has 1 rings (SSSR count). The fourth-order valence-corrected chi connectivity index (χ4v) is 1.55. The number of rotatable bonds is 3. The molecule has 1 unspecified atom stereocenters. The third kappa shape index (κ3) is 3.36. The molecule has 6 nitrogen and oxygen atoms in total. The van der Waals surface area contributed by atoms with Crippen molar-refractivity contribution in [2.45, 2.75) is 19.1 Å². The number of nitrogen functional groups attached to an aromatic ring is 2. The number of hydrogen-bond acceptors (Lipinski definition) is 4. The maximum absolute atomic E-state index is 12.7. The molecule has 0 bridgehead atoms. The van der Waals surface area contributed by atoms with Crippen LogP contribution in [0.5, 0.6) is 0 Å². The van der Waals surface area contributed by atoms with Crippen LogP contribution in [-0.4, -0.2) is 35.0 Å². The normalized spacial score (nSPS) is 12.8. The Hall–Kier alpha value is -2.45. The van der Waals surface area contributed by atoms with Gasteiger partial charge in [-0.25, -0.2) is 4.79 Å². The van der Waals surface area contributed by atoms with Crippen LogP contribution in [0.25, 0.3) is 0 Å². The molecule has 0 saturated heterocycles. The second kappa shape index (κ2) is 5.51. The van der Waals surface area contributed by atoms with E-state index in [1.165, 1.54) is 6.92 Å². The molecule has 0 heterocycles. The summed E-state index contributed by atoms with van der Waals surface area (Å²) in [5.41, 5.74) is 8.56. The monoisotopic (exact) mass is 305 g/mol. The molecule has 1 atom stereocenters. The number of hydrogen-bond donors (Lipinski definition) is 3. The molecular formula is C12H14F3N3O3. The van der Waals surface area contributed by atoms with Crippen molar-refractivity contribution in [3.05, 3.63) is 23.3 Å². The van der Waals surface area contributed by atoms with Crippen LogP contribution in [0.2, 0.25) is 0 Å². The first-order chi connectivity index (χ1) is 9.46. The highest BCUT2D eigenvalue weighted by molar-refractivity contribution is 6.03. The van der Waals surface area contributed by atoms with E-state index in [0.717, 1.165) is 11.9 Å². The van der Waals surface area contributed by atoms with Crippen LogP contribution in [0.3, 0.4) is 0 Å². The Morgan fingerprint density at radius 2 is 1.81 bits per heavy atom. The van der Waals surface area contributed by atoms with Gasteiger partial charge in [-0.2, -0.15) is 13.2 Å². The van der Waals surface area contributed by atoms with Crippen LogP contribution >= 0.6 is 0 Å². The van der Waals surface area contributed by atoms with Crippen molar-refractivity contribution in [2.24, 2.45) is 0 Å². The third-order valence-corrected chi connectivity index (χ3v) is 3.03. The van der Waals surface area contributed by atoms with Gasteiger partial charge in [0.1, 0.15) is 6.04 Å². The molecule has 1 aromatic rings. The fourth-order valence-electron chi connectivity index (χ4n) is 1.55. The lowest BCUT2D eigenvalue weighted by Crippen LogP contribution is -2.40. The van der Waals surface area contributed by atoms with Crippen molar-refractivity contribution in [3.8, 4) is 0 Å². The van der Waals surface area contributed by atoms with Gasteiger partial charge in [-0.1, -0.05) is 0 Å². The average molecular weight is 305 g/mol. The number of carbonyl (C=O) groups is 2. The Bertz CT molecular complexity index is 587. The number of aliphatic carboxylic acids is 1. The van der Waals surface area contributed by atoms with Crippen LogP contribution in [0, 0.1) is 0 Å². The minimum absolute atomic E-state index is 0.322. The van der Waals surface area contributed by atoms with Crippen molar-refractivity contribution in [3.63, 3.8) is 0 Å². The number of halogens is 3. The predicted octanol–water partition coefficient (Wildman–Crippen LogP) is 1.41. The molecule has 0 saturated carbocycles. The molecule has 1 aromatic carbocycles. The van der Waals surface area contributed by atoms with Gasteiger partial charge in [0.2, 0.25) is 0 Å². The zero-order chi connectivity index (χ0) is 16.5. The summed E-state index contributed by atoms with van der Waals surface area (Å²) in [6.07, 6.45) is -4.70. The summed E-state index contributed by atoms with van der Waals surface area (Å²) in [5.74, 6) is -2.26. The molecule has 5 N–H and O–H groups in total. The highest BCUT2D eigenvalue weighted by Gasteiger charge is 2.33. The lowest BCUT2D eigenvalue weighted by molar-refractivity contribution is -0.141. The molecule has 0 aliphatic heterocycles. The molecule has 0 aliphatic rings. The molecule has 9 heteroatoms. The highest BCUT2D eigenvalue weighted by Crippen LogP contribution is 2.34. The van der Waals surface area contributed by atoms with E-state index >= 15 is 0 Å². The second-order valence-corrected chi connectivity index (χ2v) is 4.45. The van der Waals surface area contributed by atoms with Crippen LogP contribution in [0.4, 0.5) is 24.5 Å². The zero-order valence-electron chi connectivity index (χ0n) is 11.2. The van der Waals surface area contributed by atoms with E-state index < -0.39 is 40.9 Å². The first-order valence-corrected chi connectivity index (χ1v) is 5.73. The van der Waals surface area contributed by atoms with Crippen molar-refractivity contribution in [1.29, 1.82) is 0 Å². The molecule has 116 valence electrons. The molecule has 0 aromatic heterocycles. The Morgan fingerprint density at radius 3 is 2.24 bits per heavy atom. The van der Waals surface area contributed by atoms with Gasteiger partial charge in [-0.05, 0) is 19.1 Å². The van der Waals surface area contributed by atoms with Gasteiger partial charge >= 0.3 is 12.1 Å². The summed E-state index contributed by atoms with van der Waals surface area (Å²) in [6.45, 7) is 1.22. The van der Waals surface area contributed by atoms with Crippen LogP contribution < -0.4 is 11.5 Å². The predicted molar refractivity (Wildman–Crippen MR) is 69.5 cm³/mol. The van der Waals surface area contributed by atoms with E-state index in [2.05, 4.69) is 0 Å². The molecule has 0 fully saturated rings. The van der Waals surface area contributed by atoms with Gasteiger partial charge in [0.15, 0.2) is 0 Å². The smallest absolute Gasteiger partial charge is 0.416 e. The van der Waals surface area contributed by atoms with E-state index in [1.807, 2.05) is 0 Å². The van der Waals surface area contributed by atoms with E-state index in [9.17, 15) is 22.8 Å². The summed E-state index contributed by atoms with van der Waals surface area (Å²) in [5, 5.41) is 8.83. The van der Waals surface area contributed by atoms with Crippen LogP contribution in [0.1, 0.15) is 22.8 Å². The Kier molecular flexibility index (Phi) is 4.35. The molecule has 0 spiro atoms. The number of amides is 1. The number of carboxylic acids is 1. The lowest BCUT2D eigenvalue weighted by atomic mass is 10.0. The van der Waals surface area contributed by atoms with Gasteiger partial charge in [0.25, 0.3) is 5.91 Å². The number of benzene rings is 1. The standard InChI is InChI=1S/C12H14F3N3O3/c1-5(11(20)21)18(2)10(19)7-3-6(12(13,14)15)4-8(16)9(7)17/h3-5H,16-17H2,1-2H3,(H,20,21). The van der Waals surface area contributed by atoms with E-state index in [4.69, 9.17) is 16.6 Å². The van der Waals surface area contributed by atoms with E-state index in [0.29, 0.717) is 12.1 Å². The highest BCUT2D eigenvalue weighted by atomic mass is 19.4. The summed E-state index contributed by atoms with van der Waals surface area (Å²) in [6, 6.07) is -0.0566. The van der Waals surface area contributed by atoms with E-state index in [1.54, 1.807) is 0 Å². The Labute approximate surface area is 118 Å². The van der Waals surface area contributed by atoms with Gasteiger partial charge in [-0.3, -0.25) is 4.79 Å². The largest absolute Gasteiger partial charge is 0.480 e. The van der Waals surface area contributed by atoms with Crippen molar-refractivity contribution in [2.75, 3.05) is 18.5 Å². The van der Waals surface area contributed by atoms with Crippen molar-refractivity contribution in [1.82, 2.24) is 4.90 Å². The quantitative estimate of drug-likeness (QED) is 0.731. The van der Waals surface area contributed by atoms with Crippen LogP contribution in [0.15, 0.2) is 12.1 Å². The average Bonchev–Trinajstić information content (AvgIpc) is 2.37. The number of anilines is 2. The summed E-state index contributed by atoms with van der Waals surface area (Å²) in [7, 11) is 1.15. The van der Waals surface area contributed by atoms with E-state index in [-0.39, 0.29) is 5.69 Å². The third-order valence-electron chi connectivity index (χ3n) is 3.03. The van der Waals surface area contributed by atoms with Gasteiger partial charge in [0, 0.05) is 7.05 Å². The molecule has 0 aliphatic carbocycles. The number of nitrogens with zero attached hydrogens (tertiary/aromatic N) is 1. The lowest BCUT2D eigenvalue weighted by Gasteiger charge is -2.23. The topological polar surface area (TPSA) is 110 Å². The fraction of sp³-hybridized carbons (Fsp3) is 0.333. The number of carboxylic acid groups (broad SMARTS) is 1.